The lowest BCUT2D eigenvalue weighted by atomic mass is 10.2. The van der Waals surface area contributed by atoms with E-state index in [0.717, 1.165) is 18.6 Å². The molecule has 1 amide bonds. The number of nitrogens with two attached hydrogens (primary N) is 1. The molecule has 2 N–H and O–H groups in total. The molecule has 16 heavy (non-hydrogen) atoms. The number of nitrogens with zero attached hydrogens (tertiary/aromatic N) is 1. The summed E-state index contributed by atoms with van der Waals surface area (Å²) in [6, 6.07) is 1.84. The molecule has 0 saturated heterocycles. The zero-order chi connectivity index (χ0) is 12.1. The molecular weight excluding hydrogens is 204 g/mol. The molecular formula is C12H20N2O2. The van der Waals surface area contributed by atoms with Gasteiger partial charge in [-0.15, -0.1) is 0 Å². The summed E-state index contributed by atoms with van der Waals surface area (Å²) < 4.78 is 5.24. The Balaban J connectivity index is 2.63. The Bertz CT molecular complexity index is 345. The molecule has 1 rings (SSSR count). The minimum atomic E-state index is 0.00579. The molecule has 4 nitrogen and oxygen atoms in total. The molecule has 4 heteroatoms. The molecule has 1 aromatic rings. The average Bonchev–Trinajstić information content (AvgIpc) is 2.72. The van der Waals surface area contributed by atoms with Gasteiger partial charge in [-0.25, -0.2) is 0 Å². The van der Waals surface area contributed by atoms with Crippen LogP contribution >= 0.6 is 0 Å². The van der Waals surface area contributed by atoms with Crippen LogP contribution in [-0.2, 0) is 6.42 Å². The summed E-state index contributed by atoms with van der Waals surface area (Å²) in [5.74, 6) is 0.754. The highest BCUT2D eigenvalue weighted by molar-refractivity contribution is 5.95. The van der Waals surface area contributed by atoms with E-state index >= 15 is 0 Å². The van der Waals surface area contributed by atoms with Crippen molar-refractivity contribution < 1.29 is 9.21 Å². The van der Waals surface area contributed by atoms with Crippen LogP contribution in [0.15, 0.2) is 16.7 Å². The van der Waals surface area contributed by atoms with Crippen molar-refractivity contribution >= 4 is 5.91 Å². The van der Waals surface area contributed by atoms with E-state index < -0.39 is 0 Å². The number of hydrogen-bond donors (Lipinski definition) is 1. The second kappa shape index (κ2) is 5.70. The highest BCUT2D eigenvalue weighted by Gasteiger charge is 2.17. The van der Waals surface area contributed by atoms with E-state index in [2.05, 4.69) is 0 Å². The summed E-state index contributed by atoms with van der Waals surface area (Å²) in [4.78, 5) is 13.7. The van der Waals surface area contributed by atoms with Crippen molar-refractivity contribution in [3.63, 3.8) is 0 Å². The third kappa shape index (κ3) is 3.10. The van der Waals surface area contributed by atoms with E-state index in [1.807, 2.05) is 13.8 Å². The molecule has 1 unspecified atom stereocenters. The van der Waals surface area contributed by atoms with Crippen LogP contribution in [0.25, 0.3) is 0 Å². The van der Waals surface area contributed by atoms with Gasteiger partial charge in [-0.05, 0) is 19.4 Å². The quantitative estimate of drug-likeness (QED) is 0.827. The van der Waals surface area contributed by atoms with Crippen LogP contribution in [0.1, 0.15) is 36.4 Å². The minimum absolute atomic E-state index is 0.00579. The predicted octanol–water partition coefficient (Wildman–Crippen LogP) is 1.65. The van der Waals surface area contributed by atoms with Gasteiger partial charge in [0, 0.05) is 26.1 Å². The second-order valence-corrected chi connectivity index (χ2v) is 4.10. The van der Waals surface area contributed by atoms with Gasteiger partial charge in [0.25, 0.3) is 5.91 Å². The van der Waals surface area contributed by atoms with E-state index in [4.69, 9.17) is 10.2 Å². The molecule has 1 heterocycles. The number of aryl methyl sites for hydroxylation is 1. The van der Waals surface area contributed by atoms with E-state index in [1.165, 1.54) is 0 Å². The molecule has 1 atom stereocenters. The first-order chi connectivity index (χ1) is 7.56. The van der Waals surface area contributed by atoms with Crippen molar-refractivity contribution in [2.45, 2.75) is 32.7 Å². The van der Waals surface area contributed by atoms with Crippen LogP contribution in [0.2, 0.25) is 0 Å². The first-order valence-electron chi connectivity index (χ1n) is 5.63. The van der Waals surface area contributed by atoms with Gasteiger partial charge in [0.1, 0.15) is 5.76 Å². The third-order valence-electron chi connectivity index (χ3n) is 2.56. The zero-order valence-electron chi connectivity index (χ0n) is 10.2. The van der Waals surface area contributed by atoms with Crippen molar-refractivity contribution in [2.24, 2.45) is 5.73 Å². The first-order valence-corrected chi connectivity index (χ1v) is 5.63. The molecule has 0 fully saturated rings. The number of carbonyl (C=O) groups excluding carboxylic acids is 1. The molecule has 0 aliphatic rings. The molecule has 0 aliphatic heterocycles. The SMILES string of the molecule is CCc1occc1C(=O)N(C)CCC(C)N. The van der Waals surface area contributed by atoms with Crippen molar-refractivity contribution in [2.75, 3.05) is 13.6 Å². The summed E-state index contributed by atoms with van der Waals surface area (Å²) in [6.07, 6.45) is 3.10. The Morgan fingerprint density at radius 2 is 2.31 bits per heavy atom. The smallest absolute Gasteiger partial charge is 0.257 e. The number of rotatable bonds is 5. The van der Waals surface area contributed by atoms with Gasteiger partial charge in [-0.3, -0.25) is 4.79 Å². The van der Waals surface area contributed by atoms with Crippen molar-refractivity contribution in [1.82, 2.24) is 4.90 Å². The lowest BCUT2D eigenvalue weighted by Crippen LogP contribution is -2.31. The molecule has 0 aliphatic carbocycles. The fraction of sp³-hybridized carbons (Fsp3) is 0.583. The van der Waals surface area contributed by atoms with Gasteiger partial charge in [-0.2, -0.15) is 0 Å². The van der Waals surface area contributed by atoms with Crippen molar-refractivity contribution in [3.05, 3.63) is 23.7 Å². The zero-order valence-corrected chi connectivity index (χ0v) is 10.2. The van der Waals surface area contributed by atoms with Crippen LogP contribution in [0.4, 0.5) is 0 Å². The van der Waals surface area contributed by atoms with Crippen LogP contribution in [0, 0.1) is 0 Å². The standard InChI is InChI=1S/C12H20N2O2/c1-4-11-10(6-8-16-11)12(15)14(3)7-5-9(2)13/h6,8-9H,4-5,7,13H2,1-3H3. The van der Waals surface area contributed by atoms with Crippen LogP contribution in [-0.4, -0.2) is 30.4 Å². The van der Waals surface area contributed by atoms with E-state index in [0.29, 0.717) is 12.1 Å². The van der Waals surface area contributed by atoms with E-state index in [9.17, 15) is 4.79 Å². The number of hydrogen-bond acceptors (Lipinski definition) is 3. The molecule has 0 radical (unpaired) electrons. The lowest BCUT2D eigenvalue weighted by molar-refractivity contribution is 0.0789. The van der Waals surface area contributed by atoms with Crippen LogP contribution < -0.4 is 5.73 Å². The maximum atomic E-state index is 12.0. The molecule has 0 bridgehead atoms. The summed E-state index contributed by atoms with van der Waals surface area (Å²) in [6.45, 7) is 4.58. The number of amides is 1. The second-order valence-electron chi connectivity index (χ2n) is 4.10. The van der Waals surface area contributed by atoms with E-state index in [-0.39, 0.29) is 11.9 Å². The Labute approximate surface area is 96.4 Å². The van der Waals surface area contributed by atoms with E-state index in [1.54, 1.807) is 24.3 Å². The van der Waals surface area contributed by atoms with Gasteiger partial charge < -0.3 is 15.1 Å². The van der Waals surface area contributed by atoms with Gasteiger partial charge in [0.05, 0.1) is 11.8 Å². The summed E-state index contributed by atoms with van der Waals surface area (Å²) >= 11 is 0. The van der Waals surface area contributed by atoms with Gasteiger partial charge >= 0.3 is 0 Å². The largest absolute Gasteiger partial charge is 0.469 e. The average molecular weight is 224 g/mol. The van der Waals surface area contributed by atoms with Gasteiger partial charge in [0.2, 0.25) is 0 Å². The summed E-state index contributed by atoms with van der Waals surface area (Å²) in [5, 5.41) is 0. The third-order valence-corrected chi connectivity index (χ3v) is 2.56. The fourth-order valence-electron chi connectivity index (χ4n) is 1.51. The molecule has 0 aromatic carbocycles. The van der Waals surface area contributed by atoms with Crippen LogP contribution in [0.3, 0.4) is 0 Å². The normalized spacial score (nSPS) is 12.5. The molecule has 1 aromatic heterocycles. The van der Waals surface area contributed by atoms with Crippen LogP contribution in [0.5, 0.6) is 0 Å². The maximum absolute atomic E-state index is 12.0. The molecule has 0 spiro atoms. The highest BCUT2D eigenvalue weighted by Crippen LogP contribution is 2.13. The highest BCUT2D eigenvalue weighted by atomic mass is 16.3. The van der Waals surface area contributed by atoms with Gasteiger partial charge in [-0.1, -0.05) is 6.92 Å². The van der Waals surface area contributed by atoms with Gasteiger partial charge in [0.15, 0.2) is 0 Å². The first kappa shape index (κ1) is 12.8. The predicted molar refractivity (Wildman–Crippen MR) is 63.3 cm³/mol. The maximum Gasteiger partial charge on any atom is 0.257 e. The number of furan rings is 1. The Hall–Kier alpha value is -1.29. The fourth-order valence-corrected chi connectivity index (χ4v) is 1.51. The van der Waals surface area contributed by atoms with Crippen molar-refractivity contribution in [3.8, 4) is 0 Å². The summed E-state index contributed by atoms with van der Waals surface area (Å²) in [5.41, 5.74) is 6.32. The lowest BCUT2D eigenvalue weighted by Gasteiger charge is -2.18. The van der Waals surface area contributed by atoms with Crippen molar-refractivity contribution in [1.29, 1.82) is 0 Å². The summed E-state index contributed by atoms with van der Waals surface area (Å²) in [7, 11) is 1.79. The Kier molecular flexibility index (Phi) is 4.55. The topological polar surface area (TPSA) is 59.5 Å². The minimum Gasteiger partial charge on any atom is -0.469 e. The Morgan fingerprint density at radius 1 is 1.62 bits per heavy atom. The molecule has 90 valence electrons. The monoisotopic (exact) mass is 224 g/mol. The molecule has 0 saturated carbocycles. The Morgan fingerprint density at radius 3 is 2.88 bits per heavy atom. The number of carbonyl (C=O) groups is 1.